The molecule has 0 radical (unpaired) electrons. The van der Waals surface area contributed by atoms with E-state index in [2.05, 4.69) is 31.9 Å². The molecule has 1 aromatic carbocycles. The molecule has 0 bridgehead atoms. The number of hydrazone groups is 1. The maximum absolute atomic E-state index is 12.3. The minimum atomic E-state index is -0.120. The number of nitrogens with one attached hydrogen (secondary N) is 1. The summed E-state index contributed by atoms with van der Waals surface area (Å²) in [7, 11) is 1.63. The molecule has 2 heterocycles. The highest BCUT2D eigenvalue weighted by atomic mass is 16.5. The van der Waals surface area contributed by atoms with Gasteiger partial charge in [-0.1, -0.05) is 24.3 Å². The predicted molar refractivity (Wildman–Crippen MR) is 119 cm³/mol. The number of benzene rings is 1. The fraction of sp³-hybridized carbons (Fsp3) is 0.348. The molecule has 1 aliphatic heterocycles. The van der Waals surface area contributed by atoms with E-state index >= 15 is 0 Å². The number of allylic oxidation sites excluding steroid dienone is 1. The van der Waals surface area contributed by atoms with Crippen LogP contribution in [0.4, 0.5) is 0 Å². The molecular formula is C23H29N5O2. The maximum atomic E-state index is 12.3. The number of rotatable bonds is 9. The SMILES string of the molecule is C=CCc1cccc(/C=N/NC(=O)CN2CCN(Cc3ccccn3)CC2)c1OC. The fourth-order valence-electron chi connectivity index (χ4n) is 3.51. The number of methoxy groups -OCH3 is 1. The second-order valence-electron chi connectivity index (χ2n) is 7.20. The van der Waals surface area contributed by atoms with Gasteiger partial charge >= 0.3 is 0 Å². The second-order valence-corrected chi connectivity index (χ2v) is 7.20. The van der Waals surface area contributed by atoms with Crippen LogP contribution in [0.25, 0.3) is 0 Å². The lowest BCUT2D eigenvalue weighted by Crippen LogP contribution is -2.48. The molecular weight excluding hydrogens is 378 g/mol. The number of ether oxygens (including phenoxy) is 1. The third-order valence-corrected chi connectivity index (χ3v) is 5.03. The Morgan fingerprint density at radius 3 is 2.70 bits per heavy atom. The van der Waals surface area contributed by atoms with Gasteiger partial charge in [0.2, 0.25) is 0 Å². The molecule has 1 saturated heterocycles. The largest absolute Gasteiger partial charge is 0.496 e. The molecule has 0 aliphatic carbocycles. The van der Waals surface area contributed by atoms with Gasteiger partial charge in [-0.25, -0.2) is 5.43 Å². The average Bonchev–Trinajstić information content (AvgIpc) is 2.76. The normalized spacial score (nSPS) is 15.2. The Morgan fingerprint density at radius 1 is 1.20 bits per heavy atom. The van der Waals surface area contributed by atoms with Crippen LogP contribution in [0, 0.1) is 0 Å². The Labute approximate surface area is 178 Å². The lowest BCUT2D eigenvalue weighted by Gasteiger charge is -2.33. The van der Waals surface area contributed by atoms with Gasteiger partial charge in [0.15, 0.2) is 0 Å². The van der Waals surface area contributed by atoms with Crippen LogP contribution in [0.5, 0.6) is 5.75 Å². The van der Waals surface area contributed by atoms with Crippen LogP contribution in [-0.4, -0.2) is 66.7 Å². The summed E-state index contributed by atoms with van der Waals surface area (Å²) in [4.78, 5) is 21.1. The molecule has 1 N–H and O–H groups in total. The molecule has 1 amide bonds. The van der Waals surface area contributed by atoms with Gasteiger partial charge in [0.05, 0.1) is 25.6 Å². The number of pyridine rings is 1. The first-order chi connectivity index (χ1) is 14.7. The van der Waals surface area contributed by atoms with Crippen molar-refractivity contribution in [3.05, 3.63) is 72.1 Å². The molecule has 7 nitrogen and oxygen atoms in total. The first kappa shape index (κ1) is 21.7. The van der Waals surface area contributed by atoms with Crippen molar-refractivity contribution in [2.45, 2.75) is 13.0 Å². The highest BCUT2D eigenvalue weighted by molar-refractivity contribution is 5.86. The van der Waals surface area contributed by atoms with Gasteiger partial charge in [-0.15, -0.1) is 6.58 Å². The molecule has 1 aromatic heterocycles. The zero-order valence-corrected chi connectivity index (χ0v) is 17.5. The Bertz CT molecular complexity index is 861. The maximum Gasteiger partial charge on any atom is 0.254 e. The molecule has 158 valence electrons. The Kier molecular flexibility index (Phi) is 8.11. The monoisotopic (exact) mass is 407 g/mol. The zero-order valence-electron chi connectivity index (χ0n) is 17.5. The van der Waals surface area contributed by atoms with Crippen LogP contribution in [0.15, 0.2) is 60.4 Å². The minimum absolute atomic E-state index is 0.120. The van der Waals surface area contributed by atoms with E-state index in [1.807, 2.05) is 48.7 Å². The van der Waals surface area contributed by atoms with E-state index in [1.54, 1.807) is 13.3 Å². The number of para-hydroxylation sites is 1. The van der Waals surface area contributed by atoms with Crippen LogP contribution in [0.3, 0.4) is 0 Å². The topological polar surface area (TPSA) is 70.1 Å². The lowest BCUT2D eigenvalue weighted by atomic mass is 10.1. The van der Waals surface area contributed by atoms with Crippen molar-refractivity contribution in [3.63, 3.8) is 0 Å². The molecule has 0 saturated carbocycles. The Balaban J connectivity index is 1.44. The minimum Gasteiger partial charge on any atom is -0.496 e. The predicted octanol–water partition coefficient (Wildman–Crippen LogP) is 2.09. The highest BCUT2D eigenvalue weighted by Crippen LogP contribution is 2.23. The molecule has 3 rings (SSSR count). The number of piperazine rings is 1. The molecule has 7 heteroatoms. The van der Waals surface area contributed by atoms with Crippen LogP contribution < -0.4 is 10.2 Å². The van der Waals surface area contributed by atoms with Crippen LogP contribution >= 0.6 is 0 Å². The molecule has 2 aromatic rings. The lowest BCUT2D eigenvalue weighted by molar-refractivity contribution is -0.122. The van der Waals surface area contributed by atoms with Gasteiger partial charge < -0.3 is 4.74 Å². The first-order valence-electron chi connectivity index (χ1n) is 10.1. The van der Waals surface area contributed by atoms with Crippen LogP contribution in [0.1, 0.15) is 16.8 Å². The van der Waals surface area contributed by atoms with Gasteiger partial charge in [0.1, 0.15) is 5.75 Å². The van der Waals surface area contributed by atoms with Gasteiger partial charge in [0, 0.05) is 44.5 Å². The van der Waals surface area contributed by atoms with Crippen molar-refractivity contribution in [2.24, 2.45) is 5.10 Å². The Hall–Kier alpha value is -3.03. The molecule has 30 heavy (non-hydrogen) atoms. The number of amides is 1. The fourth-order valence-corrected chi connectivity index (χ4v) is 3.51. The van der Waals surface area contributed by atoms with Crippen molar-refractivity contribution >= 4 is 12.1 Å². The Morgan fingerprint density at radius 2 is 2.00 bits per heavy atom. The summed E-state index contributed by atoms with van der Waals surface area (Å²) in [6.07, 6.45) is 5.98. The molecule has 0 spiro atoms. The smallest absolute Gasteiger partial charge is 0.254 e. The van der Waals surface area contributed by atoms with Crippen molar-refractivity contribution in [2.75, 3.05) is 39.8 Å². The van der Waals surface area contributed by atoms with E-state index in [9.17, 15) is 4.79 Å². The zero-order chi connectivity index (χ0) is 21.2. The summed E-state index contributed by atoms with van der Waals surface area (Å²) < 4.78 is 5.49. The van der Waals surface area contributed by atoms with Crippen molar-refractivity contribution < 1.29 is 9.53 Å². The summed E-state index contributed by atoms with van der Waals surface area (Å²) in [5.41, 5.74) is 5.55. The summed E-state index contributed by atoms with van der Waals surface area (Å²) in [5.74, 6) is 0.630. The summed E-state index contributed by atoms with van der Waals surface area (Å²) >= 11 is 0. The summed E-state index contributed by atoms with van der Waals surface area (Å²) in [6, 6.07) is 11.8. The number of carbonyl (C=O) groups excluding carboxylic acids is 1. The number of hydrogen-bond donors (Lipinski definition) is 1. The quantitative estimate of drug-likeness (QED) is 0.392. The molecule has 0 atom stereocenters. The van der Waals surface area contributed by atoms with E-state index in [1.165, 1.54) is 0 Å². The van der Waals surface area contributed by atoms with Gasteiger partial charge in [-0.2, -0.15) is 5.10 Å². The van der Waals surface area contributed by atoms with E-state index in [0.29, 0.717) is 13.0 Å². The van der Waals surface area contributed by atoms with Crippen molar-refractivity contribution in [1.29, 1.82) is 0 Å². The standard InChI is InChI=1S/C23H29N5O2/c1-3-7-19-8-6-9-20(23(19)30-2)16-25-26-22(29)18-28-14-12-27(13-15-28)17-21-10-4-5-11-24-21/h3-6,8-11,16H,1,7,12-15,17-18H2,2H3,(H,26,29)/b25-16+. The van der Waals surface area contributed by atoms with E-state index < -0.39 is 0 Å². The van der Waals surface area contributed by atoms with Crippen molar-refractivity contribution in [3.8, 4) is 5.75 Å². The summed E-state index contributed by atoms with van der Waals surface area (Å²) in [6.45, 7) is 8.48. The third kappa shape index (κ3) is 6.23. The number of nitrogens with zero attached hydrogens (tertiary/aromatic N) is 4. The first-order valence-corrected chi connectivity index (χ1v) is 10.1. The average molecular weight is 408 g/mol. The molecule has 1 aliphatic rings. The number of carbonyl (C=O) groups is 1. The third-order valence-electron chi connectivity index (χ3n) is 5.03. The van der Waals surface area contributed by atoms with E-state index in [4.69, 9.17) is 4.74 Å². The van der Waals surface area contributed by atoms with E-state index in [0.717, 1.165) is 55.3 Å². The second kappa shape index (κ2) is 11.2. The van der Waals surface area contributed by atoms with E-state index in [-0.39, 0.29) is 5.91 Å². The van der Waals surface area contributed by atoms with Crippen LogP contribution in [0.2, 0.25) is 0 Å². The van der Waals surface area contributed by atoms with Gasteiger partial charge in [0.25, 0.3) is 5.91 Å². The molecule has 1 fully saturated rings. The molecule has 0 unspecified atom stereocenters. The van der Waals surface area contributed by atoms with Crippen molar-refractivity contribution in [1.82, 2.24) is 20.2 Å². The van der Waals surface area contributed by atoms with Gasteiger partial charge in [-0.05, 0) is 30.2 Å². The number of hydrogen-bond acceptors (Lipinski definition) is 6. The highest BCUT2D eigenvalue weighted by Gasteiger charge is 2.19. The number of aromatic nitrogens is 1. The van der Waals surface area contributed by atoms with Crippen LogP contribution in [-0.2, 0) is 17.8 Å². The summed E-state index contributed by atoms with van der Waals surface area (Å²) in [5, 5.41) is 4.11. The van der Waals surface area contributed by atoms with Gasteiger partial charge in [-0.3, -0.25) is 19.6 Å².